The van der Waals surface area contributed by atoms with E-state index >= 15 is 0 Å². The minimum atomic E-state index is -0.0461. The number of pyridine rings is 1. The molecule has 3 aromatic rings. The normalized spacial score (nSPS) is 11.5. The molecule has 4 nitrogen and oxygen atoms in total. The molecular weight excluding hydrogens is 284 g/mol. The Balaban J connectivity index is 2.32. The first-order valence-electron chi connectivity index (χ1n) is 7.28. The molecule has 0 radical (unpaired) electrons. The first-order valence-corrected chi connectivity index (χ1v) is 8.09. The number of aromatic nitrogens is 2. The first-order chi connectivity index (χ1) is 10.3. The van der Waals surface area contributed by atoms with E-state index in [1.54, 1.807) is 15.9 Å². The van der Waals surface area contributed by atoms with Gasteiger partial charge in [-0.2, -0.15) is 0 Å². The van der Waals surface area contributed by atoms with Gasteiger partial charge in [0.05, 0.1) is 18.2 Å². The van der Waals surface area contributed by atoms with Crippen LogP contribution in [0.3, 0.4) is 0 Å². The molecule has 1 N–H and O–H groups in total. The summed E-state index contributed by atoms with van der Waals surface area (Å²) >= 11 is 1.57. The van der Waals surface area contributed by atoms with Crippen molar-refractivity contribution in [2.75, 3.05) is 6.61 Å². The van der Waals surface area contributed by atoms with Gasteiger partial charge in [-0.25, -0.2) is 4.98 Å². The fraction of sp³-hybridized carbons (Fsp3) is 0.375. The summed E-state index contributed by atoms with van der Waals surface area (Å²) in [6, 6.07) is 7.58. The summed E-state index contributed by atoms with van der Waals surface area (Å²) in [5.74, 6) is 0. The van der Waals surface area contributed by atoms with Crippen LogP contribution in [0.15, 0.2) is 29.1 Å². The molecule has 0 bridgehead atoms. The van der Waals surface area contributed by atoms with Crippen molar-refractivity contribution in [2.45, 2.75) is 32.7 Å². The number of aryl methyl sites for hydroxylation is 1. The van der Waals surface area contributed by atoms with Crippen LogP contribution in [0.2, 0.25) is 0 Å². The molecule has 5 heteroatoms. The maximum absolute atomic E-state index is 12.6. The average Bonchev–Trinajstić information content (AvgIpc) is 2.93. The predicted octanol–water partition coefficient (Wildman–Crippen LogP) is 2.95. The molecule has 2 aromatic heterocycles. The van der Waals surface area contributed by atoms with Crippen molar-refractivity contribution < 1.29 is 5.11 Å². The summed E-state index contributed by atoms with van der Waals surface area (Å²) in [5.41, 5.74) is 0.840. The van der Waals surface area contributed by atoms with Crippen LogP contribution >= 0.6 is 11.3 Å². The summed E-state index contributed by atoms with van der Waals surface area (Å²) in [5, 5.41) is 11.9. The van der Waals surface area contributed by atoms with Crippen LogP contribution in [0.1, 0.15) is 24.8 Å². The Morgan fingerprint density at radius 3 is 2.76 bits per heavy atom. The monoisotopic (exact) mass is 302 g/mol. The molecular formula is C16H18N2O2S. The molecule has 0 saturated heterocycles. The zero-order valence-corrected chi connectivity index (χ0v) is 12.8. The largest absolute Gasteiger partial charge is 0.395 e. The fourth-order valence-corrected chi connectivity index (χ4v) is 3.71. The molecule has 0 amide bonds. The molecule has 0 aliphatic heterocycles. The van der Waals surface area contributed by atoms with Gasteiger partial charge in [-0.15, -0.1) is 11.3 Å². The van der Waals surface area contributed by atoms with Crippen LogP contribution in [0.5, 0.6) is 0 Å². The molecule has 0 unspecified atom stereocenters. The molecule has 0 fully saturated rings. The quantitative estimate of drug-likeness (QED) is 0.788. The second-order valence-corrected chi connectivity index (χ2v) is 6.15. The van der Waals surface area contributed by atoms with Crippen LogP contribution < -0.4 is 5.56 Å². The highest BCUT2D eigenvalue weighted by molar-refractivity contribution is 7.18. The Morgan fingerprint density at radius 2 is 2.05 bits per heavy atom. The van der Waals surface area contributed by atoms with E-state index in [2.05, 4.69) is 6.92 Å². The number of aliphatic hydroxyl groups is 1. The summed E-state index contributed by atoms with van der Waals surface area (Å²) < 4.78 is 1.66. The van der Waals surface area contributed by atoms with Crippen LogP contribution in [0.25, 0.3) is 21.1 Å². The van der Waals surface area contributed by atoms with Crippen LogP contribution in [-0.4, -0.2) is 21.3 Å². The second kappa shape index (κ2) is 5.95. The summed E-state index contributed by atoms with van der Waals surface area (Å²) in [4.78, 5) is 18.2. The summed E-state index contributed by atoms with van der Waals surface area (Å²) in [7, 11) is 0. The predicted molar refractivity (Wildman–Crippen MR) is 87.1 cm³/mol. The molecule has 1 aromatic carbocycles. The van der Waals surface area contributed by atoms with Crippen molar-refractivity contribution in [1.82, 2.24) is 9.55 Å². The van der Waals surface area contributed by atoms with E-state index < -0.39 is 0 Å². The second-order valence-electron chi connectivity index (χ2n) is 5.09. The number of nitrogens with zero attached hydrogens (tertiary/aromatic N) is 2. The molecule has 2 heterocycles. The van der Waals surface area contributed by atoms with Crippen molar-refractivity contribution in [3.05, 3.63) is 39.6 Å². The number of hydrogen-bond acceptors (Lipinski definition) is 4. The van der Waals surface area contributed by atoms with E-state index in [1.165, 1.54) is 0 Å². The molecule has 3 rings (SSSR count). The first kappa shape index (κ1) is 14.2. The zero-order valence-electron chi connectivity index (χ0n) is 12.0. The lowest BCUT2D eigenvalue weighted by Gasteiger charge is -2.07. The van der Waals surface area contributed by atoms with Gasteiger partial charge < -0.3 is 5.11 Å². The van der Waals surface area contributed by atoms with Crippen LogP contribution in [0, 0.1) is 0 Å². The van der Waals surface area contributed by atoms with Crippen molar-refractivity contribution in [3.8, 4) is 0 Å². The Hall–Kier alpha value is -1.72. The molecule has 0 aliphatic rings. The Bertz CT molecular complexity index is 835. The van der Waals surface area contributed by atoms with Gasteiger partial charge in [-0.3, -0.25) is 9.36 Å². The fourth-order valence-electron chi connectivity index (χ4n) is 2.57. The number of unbranched alkanes of at least 4 members (excludes halogenated alkanes) is 1. The molecule has 0 spiro atoms. The third-order valence-corrected chi connectivity index (χ3v) is 4.76. The van der Waals surface area contributed by atoms with Crippen LogP contribution in [-0.2, 0) is 13.0 Å². The third-order valence-electron chi connectivity index (χ3n) is 3.62. The number of rotatable bonds is 5. The zero-order chi connectivity index (χ0) is 14.8. The summed E-state index contributed by atoms with van der Waals surface area (Å²) in [6.07, 6.45) is 3.17. The highest BCUT2D eigenvalue weighted by Gasteiger charge is 2.14. The smallest absolute Gasteiger partial charge is 0.259 e. The van der Waals surface area contributed by atoms with E-state index in [-0.39, 0.29) is 12.2 Å². The average molecular weight is 302 g/mol. The van der Waals surface area contributed by atoms with E-state index in [1.807, 2.05) is 24.3 Å². The van der Waals surface area contributed by atoms with Gasteiger partial charge in [-0.1, -0.05) is 31.5 Å². The highest BCUT2D eigenvalue weighted by atomic mass is 32.1. The van der Waals surface area contributed by atoms with Gasteiger partial charge in [-0.05, 0) is 18.9 Å². The third kappa shape index (κ3) is 2.47. The summed E-state index contributed by atoms with van der Waals surface area (Å²) in [6.45, 7) is 2.43. The van der Waals surface area contributed by atoms with E-state index in [0.29, 0.717) is 11.9 Å². The molecule has 0 saturated carbocycles. The van der Waals surface area contributed by atoms with Crippen LogP contribution in [0.4, 0.5) is 0 Å². The number of hydrogen-bond donors (Lipinski definition) is 1. The number of fused-ring (bicyclic) bond motifs is 3. The van der Waals surface area contributed by atoms with E-state index in [0.717, 1.165) is 40.0 Å². The number of thiazole rings is 1. The van der Waals surface area contributed by atoms with E-state index in [4.69, 9.17) is 4.98 Å². The lowest BCUT2D eigenvalue weighted by Crippen LogP contribution is -2.21. The van der Waals surface area contributed by atoms with Gasteiger partial charge in [0.2, 0.25) is 0 Å². The maximum atomic E-state index is 12.6. The molecule has 110 valence electrons. The standard InChI is InChI=1S/C16H18N2O2S/c1-2-3-8-13-17-14-11-6-4-5-7-12(11)15(20)18(9-10-19)16(14)21-13/h4-7,19H,2-3,8-10H2,1H3. The van der Waals surface area contributed by atoms with Crippen molar-refractivity contribution in [1.29, 1.82) is 0 Å². The Morgan fingerprint density at radius 1 is 1.29 bits per heavy atom. The Labute approximate surface area is 126 Å². The minimum absolute atomic E-state index is 0.0437. The lowest BCUT2D eigenvalue weighted by molar-refractivity contribution is 0.277. The van der Waals surface area contributed by atoms with Gasteiger partial charge >= 0.3 is 0 Å². The van der Waals surface area contributed by atoms with Crippen molar-refractivity contribution in [3.63, 3.8) is 0 Å². The van der Waals surface area contributed by atoms with Gasteiger partial charge in [0.1, 0.15) is 10.3 Å². The van der Waals surface area contributed by atoms with Gasteiger partial charge in [0.25, 0.3) is 5.56 Å². The van der Waals surface area contributed by atoms with Crippen molar-refractivity contribution in [2.24, 2.45) is 0 Å². The van der Waals surface area contributed by atoms with Gasteiger partial charge in [0.15, 0.2) is 0 Å². The highest BCUT2D eigenvalue weighted by Crippen LogP contribution is 2.28. The SMILES string of the molecule is CCCCc1nc2c3ccccc3c(=O)n(CCO)c2s1. The number of benzene rings is 1. The van der Waals surface area contributed by atoms with E-state index in [9.17, 15) is 9.90 Å². The maximum Gasteiger partial charge on any atom is 0.259 e. The van der Waals surface area contributed by atoms with Crippen molar-refractivity contribution >= 4 is 32.5 Å². The van der Waals surface area contributed by atoms with Gasteiger partial charge in [0, 0.05) is 10.8 Å². The number of aliphatic hydroxyl groups excluding tert-OH is 1. The Kier molecular flexibility index (Phi) is 4.03. The molecule has 0 atom stereocenters. The topological polar surface area (TPSA) is 55.1 Å². The minimum Gasteiger partial charge on any atom is -0.395 e. The molecule has 0 aliphatic carbocycles. The molecule has 21 heavy (non-hydrogen) atoms. The lowest BCUT2D eigenvalue weighted by atomic mass is 10.1.